The van der Waals surface area contributed by atoms with E-state index in [0.29, 0.717) is 18.6 Å². The minimum atomic E-state index is 0.151. The van der Waals surface area contributed by atoms with Gasteiger partial charge >= 0.3 is 0 Å². The molecule has 2 fully saturated rings. The molecule has 2 bridgehead atoms. The first-order valence-electron chi connectivity index (χ1n) is 10.6. The van der Waals surface area contributed by atoms with Crippen molar-refractivity contribution in [3.8, 4) is 5.69 Å². The molecular formula is C23H26N6O. The number of hydrogen-bond donors (Lipinski definition) is 1. The lowest BCUT2D eigenvalue weighted by atomic mass is 10.1. The Morgan fingerprint density at radius 1 is 1.03 bits per heavy atom. The van der Waals surface area contributed by atoms with E-state index in [2.05, 4.69) is 25.3 Å². The van der Waals surface area contributed by atoms with Gasteiger partial charge in [-0.1, -0.05) is 36.4 Å². The number of carbonyl (C=O) groups excluding carboxylic acids is 1. The molecule has 1 aromatic heterocycles. The van der Waals surface area contributed by atoms with Crippen LogP contribution in [0.25, 0.3) is 5.69 Å². The van der Waals surface area contributed by atoms with E-state index in [-0.39, 0.29) is 5.91 Å². The maximum atomic E-state index is 13.0. The maximum absolute atomic E-state index is 13.0. The molecule has 7 heteroatoms. The number of para-hydroxylation sites is 1. The summed E-state index contributed by atoms with van der Waals surface area (Å²) in [5, 5.41) is 12.4. The SMILES string of the molecule is O=C(c1ccccc1)N1C[C@H](CNCc2cnn(-c3ccccc3)n2)N2CC[C@H]1C2. The summed E-state index contributed by atoms with van der Waals surface area (Å²) in [6.45, 7) is 4.27. The molecule has 5 rings (SSSR count). The van der Waals surface area contributed by atoms with Crippen LogP contribution < -0.4 is 5.32 Å². The van der Waals surface area contributed by atoms with Crippen molar-refractivity contribution in [3.05, 3.63) is 78.1 Å². The summed E-state index contributed by atoms with van der Waals surface area (Å²) in [6.07, 6.45) is 2.86. The number of carbonyl (C=O) groups is 1. The monoisotopic (exact) mass is 402 g/mol. The number of nitrogens with one attached hydrogen (secondary N) is 1. The maximum Gasteiger partial charge on any atom is 0.254 e. The molecular weight excluding hydrogens is 376 g/mol. The lowest BCUT2D eigenvalue weighted by Crippen LogP contribution is -2.57. The van der Waals surface area contributed by atoms with Gasteiger partial charge < -0.3 is 10.2 Å². The molecule has 1 N–H and O–H groups in total. The van der Waals surface area contributed by atoms with E-state index in [1.807, 2.05) is 60.7 Å². The number of fused-ring (bicyclic) bond motifs is 2. The molecule has 0 aliphatic carbocycles. The molecule has 0 spiro atoms. The first-order chi connectivity index (χ1) is 14.8. The summed E-state index contributed by atoms with van der Waals surface area (Å²) >= 11 is 0. The van der Waals surface area contributed by atoms with Gasteiger partial charge in [0.25, 0.3) is 5.91 Å². The highest BCUT2D eigenvalue weighted by Gasteiger charge is 2.40. The average molecular weight is 403 g/mol. The highest BCUT2D eigenvalue weighted by molar-refractivity contribution is 5.94. The number of amides is 1. The smallest absolute Gasteiger partial charge is 0.254 e. The van der Waals surface area contributed by atoms with Crippen LogP contribution in [0, 0.1) is 0 Å². The van der Waals surface area contributed by atoms with E-state index in [4.69, 9.17) is 0 Å². The number of benzene rings is 2. The Morgan fingerprint density at radius 2 is 1.80 bits per heavy atom. The minimum Gasteiger partial charge on any atom is -0.333 e. The molecule has 0 saturated carbocycles. The fourth-order valence-corrected chi connectivity index (χ4v) is 4.46. The highest BCUT2D eigenvalue weighted by Crippen LogP contribution is 2.26. The van der Waals surface area contributed by atoms with E-state index >= 15 is 0 Å². The zero-order chi connectivity index (χ0) is 20.3. The molecule has 30 heavy (non-hydrogen) atoms. The summed E-state index contributed by atoms with van der Waals surface area (Å²) < 4.78 is 0. The van der Waals surface area contributed by atoms with Crippen molar-refractivity contribution in [1.29, 1.82) is 0 Å². The third kappa shape index (κ3) is 3.86. The van der Waals surface area contributed by atoms with Gasteiger partial charge in [0.2, 0.25) is 0 Å². The van der Waals surface area contributed by atoms with E-state index in [1.54, 1.807) is 11.0 Å². The van der Waals surface area contributed by atoms with Crippen LogP contribution >= 0.6 is 0 Å². The average Bonchev–Trinajstić information content (AvgIpc) is 3.44. The van der Waals surface area contributed by atoms with Crippen LogP contribution in [0.4, 0.5) is 0 Å². The van der Waals surface area contributed by atoms with Crippen molar-refractivity contribution in [2.45, 2.75) is 25.0 Å². The van der Waals surface area contributed by atoms with E-state index in [0.717, 1.165) is 49.5 Å². The Hall–Kier alpha value is -3.03. The van der Waals surface area contributed by atoms with Gasteiger partial charge in [0, 0.05) is 50.4 Å². The van der Waals surface area contributed by atoms with Gasteiger partial charge in [-0.25, -0.2) is 0 Å². The molecule has 0 radical (unpaired) electrons. The quantitative estimate of drug-likeness (QED) is 0.683. The zero-order valence-corrected chi connectivity index (χ0v) is 16.9. The van der Waals surface area contributed by atoms with Crippen LogP contribution in [0.15, 0.2) is 66.9 Å². The first-order valence-corrected chi connectivity index (χ1v) is 10.6. The Bertz CT molecular complexity index is 989. The number of hydrogen-bond acceptors (Lipinski definition) is 5. The van der Waals surface area contributed by atoms with Gasteiger partial charge in [-0.05, 0) is 30.7 Å². The first kappa shape index (κ1) is 19.0. The third-order valence-corrected chi connectivity index (χ3v) is 6.05. The van der Waals surface area contributed by atoms with Gasteiger partial charge in [-0.2, -0.15) is 15.0 Å². The van der Waals surface area contributed by atoms with E-state index < -0.39 is 0 Å². The van der Waals surface area contributed by atoms with Gasteiger partial charge in [-0.15, -0.1) is 0 Å². The highest BCUT2D eigenvalue weighted by atomic mass is 16.2. The lowest BCUT2D eigenvalue weighted by Gasteiger charge is -2.40. The third-order valence-electron chi connectivity index (χ3n) is 6.05. The molecule has 7 nitrogen and oxygen atoms in total. The standard InChI is InChI=1S/C23H26N6O/c30-23(18-7-3-1-4-8-18)28-17-22(27-12-11-21(28)16-27)15-24-13-19-14-25-29(26-19)20-9-5-2-6-10-20/h1-10,14,21-22,24H,11-13,15-17H2/t21-,22-/m0/s1. The second-order valence-electron chi connectivity index (χ2n) is 8.01. The van der Waals surface area contributed by atoms with Crippen molar-refractivity contribution in [2.75, 3.05) is 26.2 Å². The predicted octanol–water partition coefficient (Wildman–Crippen LogP) is 1.96. The molecule has 1 amide bonds. The molecule has 3 heterocycles. The molecule has 3 aromatic rings. The van der Waals surface area contributed by atoms with Crippen LogP contribution in [0.1, 0.15) is 22.5 Å². The Balaban J connectivity index is 1.19. The van der Waals surface area contributed by atoms with E-state index in [1.165, 1.54) is 0 Å². The fraction of sp³-hybridized carbons (Fsp3) is 0.348. The number of rotatable bonds is 6. The lowest BCUT2D eigenvalue weighted by molar-refractivity contribution is 0.0494. The Morgan fingerprint density at radius 3 is 2.60 bits per heavy atom. The normalized spacial score (nSPS) is 22.9. The summed E-state index contributed by atoms with van der Waals surface area (Å²) in [6, 6.07) is 20.2. The second-order valence-corrected chi connectivity index (χ2v) is 8.01. The van der Waals surface area contributed by atoms with Crippen LogP contribution in [0.3, 0.4) is 0 Å². The van der Waals surface area contributed by atoms with Gasteiger partial charge in [0.05, 0.1) is 17.6 Å². The van der Waals surface area contributed by atoms with Gasteiger partial charge in [0.1, 0.15) is 0 Å². The van der Waals surface area contributed by atoms with Crippen molar-refractivity contribution < 1.29 is 4.79 Å². The van der Waals surface area contributed by atoms with Crippen molar-refractivity contribution in [2.24, 2.45) is 0 Å². The number of aromatic nitrogens is 3. The number of piperazine rings is 1. The fourth-order valence-electron chi connectivity index (χ4n) is 4.46. The minimum absolute atomic E-state index is 0.151. The second kappa shape index (κ2) is 8.38. The molecule has 1 unspecified atom stereocenters. The number of nitrogens with zero attached hydrogens (tertiary/aromatic N) is 5. The predicted molar refractivity (Wildman–Crippen MR) is 114 cm³/mol. The summed E-state index contributed by atoms with van der Waals surface area (Å²) in [4.78, 5) is 19.3. The van der Waals surface area contributed by atoms with E-state index in [9.17, 15) is 4.79 Å². The largest absolute Gasteiger partial charge is 0.333 e. The molecule has 2 saturated heterocycles. The molecule has 3 atom stereocenters. The Labute approximate surface area is 176 Å². The zero-order valence-electron chi connectivity index (χ0n) is 16.9. The summed E-state index contributed by atoms with van der Waals surface area (Å²) in [5.74, 6) is 0.151. The Kier molecular flexibility index (Phi) is 5.29. The van der Waals surface area contributed by atoms with Gasteiger partial charge in [-0.3, -0.25) is 9.69 Å². The van der Waals surface area contributed by atoms with Crippen molar-refractivity contribution in [1.82, 2.24) is 30.1 Å². The van der Waals surface area contributed by atoms with Crippen molar-refractivity contribution in [3.63, 3.8) is 0 Å². The van der Waals surface area contributed by atoms with Crippen LogP contribution in [0.2, 0.25) is 0 Å². The van der Waals surface area contributed by atoms with Crippen LogP contribution in [-0.2, 0) is 6.54 Å². The molecule has 154 valence electrons. The topological polar surface area (TPSA) is 66.3 Å². The summed E-state index contributed by atoms with van der Waals surface area (Å²) in [7, 11) is 0. The van der Waals surface area contributed by atoms with Crippen molar-refractivity contribution >= 4 is 5.91 Å². The van der Waals surface area contributed by atoms with Crippen LogP contribution in [0.5, 0.6) is 0 Å². The van der Waals surface area contributed by atoms with Gasteiger partial charge in [0.15, 0.2) is 0 Å². The van der Waals surface area contributed by atoms with Crippen LogP contribution in [-0.4, -0.2) is 69.0 Å². The summed E-state index contributed by atoms with van der Waals surface area (Å²) in [5.41, 5.74) is 2.64. The molecule has 2 aromatic carbocycles. The molecule has 2 aliphatic rings. The molecule has 2 aliphatic heterocycles.